The van der Waals surface area contributed by atoms with Crippen LogP contribution in [0.15, 0.2) is 103 Å². The third-order valence-corrected chi connectivity index (χ3v) is 6.89. The fourth-order valence-electron chi connectivity index (χ4n) is 4.90. The second-order valence-electron chi connectivity index (χ2n) is 9.75. The van der Waals surface area contributed by atoms with Crippen molar-refractivity contribution in [2.75, 3.05) is 0 Å². The van der Waals surface area contributed by atoms with E-state index in [0.717, 1.165) is 24.3 Å². The van der Waals surface area contributed by atoms with E-state index in [1.54, 1.807) is 54.6 Å². The van der Waals surface area contributed by atoms with Crippen molar-refractivity contribution in [3.63, 3.8) is 0 Å². The zero-order valence-electron chi connectivity index (χ0n) is 22.1. The van der Waals surface area contributed by atoms with Gasteiger partial charge in [-0.3, -0.25) is 9.59 Å². The number of nitrogens with one attached hydrogen (secondary N) is 2. The van der Waals surface area contributed by atoms with E-state index < -0.39 is 47.1 Å². The molecule has 2 N–H and O–H groups in total. The third-order valence-electron chi connectivity index (χ3n) is 6.89. The minimum Gasteiger partial charge on any atom is -0.428 e. The number of fused-ring (bicyclic) bond motifs is 1. The number of ether oxygens (including phenoxy) is 1. The summed E-state index contributed by atoms with van der Waals surface area (Å²) < 4.78 is 86.8. The number of Topliss-reactive ketones (excluding diaryl/α,β-unsaturated/α-hetero) is 1. The average Bonchev–Trinajstić information content (AvgIpc) is 3.41. The van der Waals surface area contributed by atoms with E-state index in [0.29, 0.717) is 22.5 Å². The van der Waals surface area contributed by atoms with Gasteiger partial charge in [-0.25, -0.2) is 8.78 Å². The van der Waals surface area contributed by atoms with Gasteiger partial charge in [0.2, 0.25) is 0 Å². The Labute approximate surface area is 241 Å². The van der Waals surface area contributed by atoms with Gasteiger partial charge in [-0.2, -0.15) is 17.6 Å². The lowest BCUT2D eigenvalue weighted by molar-refractivity contribution is -0.253. The molecule has 0 aliphatic rings. The summed E-state index contributed by atoms with van der Waals surface area (Å²) in [6, 6.07) is 22.0. The number of ketones is 1. The van der Waals surface area contributed by atoms with Gasteiger partial charge >= 0.3 is 12.5 Å². The minimum atomic E-state index is -4.96. The van der Waals surface area contributed by atoms with Crippen molar-refractivity contribution in [3.05, 3.63) is 137 Å². The zero-order chi connectivity index (χ0) is 30.8. The fraction of sp³-hybridized carbons (Fsp3) is 0.125. The van der Waals surface area contributed by atoms with Crippen LogP contribution in [-0.4, -0.2) is 29.2 Å². The Morgan fingerprint density at radius 2 is 1.49 bits per heavy atom. The number of para-hydroxylation sites is 1. The number of H-pyrrole nitrogens is 1. The quantitative estimate of drug-likeness (QED) is 0.102. The van der Waals surface area contributed by atoms with Gasteiger partial charge in [0.25, 0.3) is 11.7 Å². The number of hydrogen-bond donors (Lipinski definition) is 2. The SMILES string of the molecule is O=C(N[C@](Cc1ccccc1)(c1ccc(F)cc1)c1cc(F)cc(OC(F)(F)C(F)F)c1)C(=O)c1c[nH]c2ccccc12. The molecule has 0 saturated carbocycles. The summed E-state index contributed by atoms with van der Waals surface area (Å²) in [6.07, 6.45) is -8.03. The number of carbonyl (C=O) groups is 2. The van der Waals surface area contributed by atoms with Crippen molar-refractivity contribution in [1.29, 1.82) is 0 Å². The van der Waals surface area contributed by atoms with Crippen LogP contribution in [0.2, 0.25) is 0 Å². The third kappa shape index (κ3) is 6.11. The monoisotopic (exact) mass is 596 g/mol. The molecule has 0 saturated heterocycles. The Morgan fingerprint density at radius 1 is 0.814 bits per heavy atom. The summed E-state index contributed by atoms with van der Waals surface area (Å²) in [5, 5.41) is 3.09. The Kier molecular flexibility index (Phi) is 7.99. The number of carbonyl (C=O) groups excluding carboxylic acids is 2. The summed E-state index contributed by atoms with van der Waals surface area (Å²) in [4.78, 5) is 30.1. The molecule has 0 radical (unpaired) electrons. The average molecular weight is 597 g/mol. The molecule has 11 heteroatoms. The van der Waals surface area contributed by atoms with Crippen LogP contribution in [0.1, 0.15) is 27.0 Å². The smallest absolute Gasteiger partial charge is 0.428 e. The van der Waals surface area contributed by atoms with E-state index in [4.69, 9.17) is 0 Å². The molecule has 0 fully saturated rings. The number of aromatic nitrogens is 1. The highest BCUT2D eigenvalue weighted by molar-refractivity contribution is 6.45. The first-order valence-corrected chi connectivity index (χ1v) is 12.9. The van der Waals surface area contributed by atoms with Crippen LogP contribution in [0.25, 0.3) is 10.9 Å². The van der Waals surface area contributed by atoms with Gasteiger partial charge in [-0.1, -0.05) is 60.7 Å². The highest BCUT2D eigenvalue weighted by Crippen LogP contribution is 2.38. The van der Waals surface area contributed by atoms with Gasteiger partial charge in [0, 0.05) is 29.6 Å². The van der Waals surface area contributed by atoms with E-state index in [-0.39, 0.29) is 23.1 Å². The first kappa shape index (κ1) is 29.4. The molecule has 1 heterocycles. The molecule has 0 spiro atoms. The number of aromatic amines is 1. The Hall–Kier alpha value is -5.06. The molecule has 5 rings (SSSR count). The van der Waals surface area contributed by atoms with E-state index >= 15 is 0 Å². The van der Waals surface area contributed by atoms with Crippen LogP contribution in [0.4, 0.5) is 26.3 Å². The molecule has 1 amide bonds. The van der Waals surface area contributed by atoms with Gasteiger partial charge in [-0.05, 0) is 47.0 Å². The number of rotatable bonds is 10. The van der Waals surface area contributed by atoms with Crippen molar-refractivity contribution < 1.29 is 40.7 Å². The van der Waals surface area contributed by atoms with Crippen LogP contribution in [-0.2, 0) is 16.8 Å². The summed E-state index contributed by atoms with van der Waals surface area (Å²) in [5.41, 5.74) is -0.858. The highest BCUT2D eigenvalue weighted by atomic mass is 19.3. The van der Waals surface area contributed by atoms with Crippen molar-refractivity contribution >= 4 is 22.6 Å². The van der Waals surface area contributed by atoms with E-state index in [9.17, 15) is 35.9 Å². The fourth-order valence-corrected chi connectivity index (χ4v) is 4.90. The van der Waals surface area contributed by atoms with E-state index in [1.807, 2.05) is 0 Å². The Morgan fingerprint density at radius 3 is 2.19 bits per heavy atom. The number of hydrogen-bond acceptors (Lipinski definition) is 3. The predicted octanol–water partition coefficient (Wildman–Crippen LogP) is 7.17. The number of halogens is 6. The maximum Gasteiger partial charge on any atom is 0.461 e. The van der Waals surface area contributed by atoms with Crippen LogP contribution >= 0.6 is 0 Å². The first-order valence-electron chi connectivity index (χ1n) is 12.9. The van der Waals surface area contributed by atoms with Crippen molar-refractivity contribution in [2.45, 2.75) is 24.5 Å². The molecular formula is C32H22F6N2O3. The van der Waals surface area contributed by atoms with Crippen molar-refractivity contribution in [1.82, 2.24) is 10.3 Å². The number of alkyl halides is 4. The molecule has 43 heavy (non-hydrogen) atoms. The molecule has 0 unspecified atom stereocenters. The molecule has 1 atom stereocenters. The van der Waals surface area contributed by atoms with Gasteiger partial charge in [0.15, 0.2) is 0 Å². The lowest BCUT2D eigenvalue weighted by atomic mass is 9.77. The molecule has 1 aromatic heterocycles. The highest BCUT2D eigenvalue weighted by Gasteiger charge is 2.45. The molecule has 0 aliphatic carbocycles. The summed E-state index contributed by atoms with van der Waals surface area (Å²) >= 11 is 0. The normalized spacial score (nSPS) is 13.1. The van der Waals surface area contributed by atoms with E-state index in [1.165, 1.54) is 18.3 Å². The second kappa shape index (κ2) is 11.7. The van der Waals surface area contributed by atoms with Crippen LogP contribution in [0, 0.1) is 11.6 Å². The van der Waals surface area contributed by atoms with Crippen LogP contribution in [0.5, 0.6) is 5.75 Å². The number of amides is 1. The zero-order valence-corrected chi connectivity index (χ0v) is 22.1. The summed E-state index contributed by atoms with van der Waals surface area (Å²) in [6.45, 7) is 0. The van der Waals surface area contributed by atoms with Gasteiger partial charge in [0.05, 0.1) is 11.1 Å². The second-order valence-corrected chi connectivity index (χ2v) is 9.75. The minimum absolute atomic E-state index is 0.0284. The van der Waals surface area contributed by atoms with Crippen molar-refractivity contribution in [3.8, 4) is 5.75 Å². The standard InChI is InChI=1S/C32H22F6N2O3/c33-22-12-10-20(11-13-22)31(17-19-6-2-1-3-7-19,21-14-23(34)16-24(15-21)43-32(37,38)30(35)36)40-29(42)28(41)26-18-39-27-9-5-4-8-25(26)27/h1-16,18,30,39H,17H2,(H,40,42)/t31-/m1/s1. The topological polar surface area (TPSA) is 71.2 Å². The van der Waals surface area contributed by atoms with E-state index in [2.05, 4.69) is 15.0 Å². The molecule has 4 aromatic carbocycles. The molecule has 5 aromatic rings. The summed E-state index contributed by atoms with van der Waals surface area (Å²) in [5.74, 6) is -4.91. The number of benzene rings is 4. The largest absolute Gasteiger partial charge is 0.461 e. The van der Waals surface area contributed by atoms with Crippen LogP contribution < -0.4 is 10.1 Å². The lowest BCUT2D eigenvalue weighted by Crippen LogP contribution is -2.51. The van der Waals surface area contributed by atoms with Crippen LogP contribution in [0.3, 0.4) is 0 Å². The van der Waals surface area contributed by atoms with Gasteiger partial charge in [-0.15, -0.1) is 0 Å². The molecule has 0 aliphatic heterocycles. The lowest BCUT2D eigenvalue weighted by Gasteiger charge is -2.36. The molecule has 0 bridgehead atoms. The predicted molar refractivity (Wildman–Crippen MR) is 146 cm³/mol. The molecule has 220 valence electrons. The Bertz CT molecular complexity index is 1770. The maximum atomic E-state index is 15.0. The van der Waals surface area contributed by atoms with Crippen molar-refractivity contribution in [2.24, 2.45) is 0 Å². The Balaban J connectivity index is 1.68. The van der Waals surface area contributed by atoms with Gasteiger partial charge < -0.3 is 15.0 Å². The summed E-state index contributed by atoms with van der Waals surface area (Å²) in [7, 11) is 0. The maximum absolute atomic E-state index is 15.0. The molecular weight excluding hydrogens is 574 g/mol. The van der Waals surface area contributed by atoms with Gasteiger partial charge in [0.1, 0.15) is 17.4 Å². The first-order chi connectivity index (χ1) is 20.5. The molecule has 5 nitrogen and oxygen atoms in total.